The fraction of sp³-hybridized carbons (Fsp3) is 0.500. The van der Waals surface area contributed by atoms with Crippen molar-refractivity contribution in [1.82, 2.24) is 9.97 Å². The van der Waals surface area contributed by atoms with E-state index in [-0.39, 0.29) is 11.6 Å². The standard InChI is InChI=1S/C8H10F4N4/c1-4-5(13)15-3-16-6(4)14-2-8(11,12)7(9)10/h3,7H,2H2,1H3,(H3,13,14,15,16). The molecule has 0 aromatic carbocycles. The van der Waals surface area contributed by atoms with E-state index in [1.807, 2.05) is 0 Å². The number of hydrogen-bond donors (Lipinski definition) is 2. The van der Waals surface area contributed by atoms with Gasteiger partial charge < -0.3 is 11.1 Å². The summed E-state index contributed by atoms with van der Waals surface area (Å²) in [7, 11) is 0. The fourth-order valence-electron chi connectivity index (χ4n) is 0.921. The van der Waals surface area contributed by atoms with Crippen molar-refractivity contribution in [3.8, 4) is 0 Å². The van der Waals surface area contributed by atoms with Crippen molar-refractivity contribution in [2.75, 3.05) is 17.6 Å². The highest BCUT2D eigenvalue weighted by Crippen LogP contribution is 2.24. The van der Waals surface area contributed by atoms with Crippen molar-refractivity contribution in [2.45, 2.75) is 19.3 Å². The molecule has 1 aromatic rings. The molecule has 1 aromatic heterocycles. The van der Waals surface area contributed by atoms with Crippen LogP contribution in [0.2, 0.25) is 0 Å². The molecule has 0 atom stereocenters. The second kappa shape index (κ2) is 4.50. The van der Waals surface area contributed by atoms with Gasteiger partial charge in [0.25, 0.3) is 0 Å². The lowest BCUT2D eigenvalue weighted by Gasteiger charge is -2.17. The van der Waals surface area contributed by atoms with Crippen molar-refractivity contribution in [1.29, 1.82) is 0 Å². The molecule has 16 heavy (non-hydrogen) atoms. The van der Waals surface area contributed by atoms with Gasteiger partial charge in [-0.2, -0.15) is 8.78 Å². The lowest BCUT2D eigenvalue weighted by Crippen LogP contribution is -2.35. The minimum atomic E-state index is -4.11. The van der Waals surface area contributed by atoms with E-state index in [4.69, 9.17) is 5.73 Å². The van der Waals surface area contributed by atoms with E-state index in [1.165, 1.54) is 6.92 Å². The average Bonchev–Trinajstić information content (AvgIpc) is 2.20. The number of nitrogens with one attached hydrogen (secondary N) is 1. The van der Waals surface area contributed by atoms with E-state index in [0.717, 1.165) is 6.33 Å². The molecule has 0 fully saturated rings. The summed E-state index contributed by atoms with van der Waals surface area (Å²) in [5.74, 6) is -3.97. The summed E-state index contributed by atoms with van der Waals surface area (Å²) in [6.07, 6.45) is -2.66. The predicted octanol–water partition coefficient (Wildman–Crippen LogP) is 1.68. The predicted molar refractivity (Wildman–Crippen MR) is 50.6 cm³/mol. The SMILES string of the molecule is Cc1c(N)ncnc1NCC(F)(F)C(F)F. The number of nitrogens with zero attached hydrogens (tertiary/aromatic N) is 2. The fourth-order valence-corrected chi connectivity index (χ4v) is 0.921. The molecular formula is C8H10F4N4. The summed E-state index contributed by atoms with van der Waals surface area (Å²) >= 11 is 0. The first kappa shape index (κ1) is 12.5. The molecule has 0 saturated heterocycles. The third kappa shape index (κ3) is 2.71. The number of hydrogen-bond acceptors (Lipinski definition) is 4. The van der Waals surface area contributed by atoms with Gasteiger partial charge in [0, 0.05) is 5.56 Å². The molecule has 0 unspecified atom stereocenters. The molecule has 0 saturated carbocycles. The highest BCUT2D eigenvalue weighted by Gasteiger charge is 2.40. The Labute approximate surface area is 88.9 Å². The van der Waals surface area contributed by atoms with Gasteiger partial charge in [-0.05, 0) is 6.92 Å². The van der Waals surface area contributed by atoms with Gasteiger partial charge in [0.2, 0.25) is 0 Å². The van der Waals surface area contributed by atoms with Gasteiger partial charge in [-0.3, -0.25) is 0 Å². The zero-order chi connectivity index (χ0) is 12.3. The number of nitrogen functional groups attached to an aromatic ring is 1. The van der Waals surface area contributed by atoms with Gasteiger partial charge in [-0.15, -0.1) is 0 Å². The van der Waals surface area contributed by atoms with Crippen LogP contribution in [0.4, 0.5) is 29.2 Å². The summed E-state index contributed by atoms with van der Waals surface area (Å²) in [4.78, 5) is 7.23. The minimum absolute atomic E-state index is 0.0211. The Hall–Kier alpha value is -1.60. The second-order valence-corrected chi connectivity index (χ2v) is 3.15. The Morgan fingerprint density at radius 3 is 2.62 bits per heavy atom. The van der Waals surface area contributed by atoms with Crippen LogP contribution in [-0.2, 0) is 0 Å². The van der Waals surface area contributed by atoms with Crippen LogP contribution < -0.4 is 11.1 Å². The second-order valence-electron chi connectivity index (χ2n) is 3.15. The Balaban J connectivity index is 2.72. The zero-order valence-electron chi connectivity index (χ0n) is 8.35. The van der Waals surface area contributed by atoms with Gasteiger partial charge in [0.1, 0.15) is 18.0 Å². The Bertz CT molecular complexity index is 369. The van der Waals surface area contributed by atoms with Crippen molar-refractivity contribution in [2.24, 2.45) is 0 Å². The molecule has 8 heteroatoms. The third-order valence-electron chi connectivity index (χ3n) is 1.93. The monoisotopic (exact) mass is 238 g/mol. The van der Waals surface area contributed by atoms with Crippen LogP contribution in [0.15, 0.2) is 6.33 Å². The molecule has 0 bridgehead atoms. The van der Waals surface area contributed by atoms with Crippen LogP contribution in [-0.4, -0.2) is 28.9 Å². The number of halogens is 4. The van der Waals surface area contributed by atoms with Gasteiger partial charge in [-0.25, -0.2) is 18.7 Å². The van der Waals surface area contributed by atoms with Gasteiger partial charge in [0.05, 0.1) is 6.54 Å². The van der Waals surface area contributed by atoms with Crippen LogP contribution in [0, 0.1) is 6.92 Å². The van der Waals surface area contributed by atoms with Gasteiger partial charge in [0.15, 0.2) is 0 Å². The van der Waals surface area contributed by atoms with E-state index in [2.05, 4.69) is 15.3 Å². The van der Waals surface area contributed by atoms with Crippen LogP contribution in [0.1, 0.15) is 5.56 Å². The summed E-state index contributed by atoms with van der Waals surface area (Å²) in [6.45, 7) is 0.292. The maximum absolute atomic E-state index is 12.6. The van der Waals surface area contributed by atoms with Crippen LogP contribution in [0.3, 0.4) is 0 Å². The number of alkyl halides is 4. The van der Waals surface area contributed by atoms with Crippen LogP contribution in [0.5, 0.6) is 0 Å². The summed E-state index contributed by atoms with van der Waals surface area (Å²) in [6, 6.07) is 0. The lowest BCUT2D eigenvalue weighted by molar-refractivity contribution is -0.117. The molecule has 0 aliphatic carbocycles. The van der Waals surface area contributed by atoms with Crippen LogP contribution >= 0.6 is 0 Å². The number of anilines is 2. The summed E-state index contributed by atoms with van der Waals surface area (Å²) in [5, 5.41) is 2.11. The Morgan fingerprint density at radius 1 is 1.44 bits per heavy atom. The summed E-state index contributed by atoms with van der Waals surface area (Å²) < 4.78 is 48.8. The molecule has 0 aliphatic heterocycles. The molecule has 0 radical (unpaired) electrons. The van der Waals surface area contributed by atoms with Gasteiger partial charge in [-0.1, -0.05) is 0 Å². The van der Waals surface area contributed by atoms with E-state index in [0.29, 0.717) is 5.56 Å². The molecule has 1 rings (SSSR count). The van der Waals surface area contributed by atoms with Crippen molar-refractivity contribution in [3.63, 3.8) is 0 Å². The molecule has 1 heterocycles. The smallest absolute Gasteiger partial charge is 0.324 e. The molecule has 90 valence electrons. The highest BCUT2D eigenvalue weighted by molar-refractivity contribution is 5.53. The zero-order valence-corrected chi connectivity index (χ0v) is 8.35. The first-order valence-corrected chi connectivity index (χ1v) is 4.31. The molecular weight excluding hydrogens is 228 g/mol. The lowest BCUT2D eigenvalue weighted by atomic mass is 10.3. The first-order chi connectivity index (χ1) is 7.34. The Morgan fingerprint density at radius 2 is 2.06 bits per heavy atom. The van der Waals surface area contributed by atoms with E-state index in [1.54, 1.807) is 0 Å². The van der Waals surface area contributed by atoms with E-state index < -0.39 is 18.9 Å². The molecule has 0 spiro atoms. The number of nitrogens with two attached hydrogens (primary N) is 1. The van der Waals surface area contributed by atoms with E-state index >= 15 is 0 Å². The number of aromatic nitrogens is 2. The molecule has 3 N–H and O–H groups in total. The highest BCUT2D eigenvalue weighted by atomic mass is 19.3. The number of rotatable bonds is 4. The van der Waals surface area contributed by atoms with E-state index in [9.17, 15) is 17.6 Å². The minimum Gasteiger partial charge on any atom is -0.383 e. The topological polar surface area (TPSA) is 63.8 Å². The van der Waals surface area contributed by atoms with Gasteiger partial charge >= 0.3 is 12.3 Å². The maximum Gasteiger partial charge on any atom is 0.324 e. The normalized spacial score (nSPS) is 11.9. The molecule has 4 nitrogen and oxygen atoms in total. The summed E-state index contributed by atoms with van der Waals surface area (Å²) in [5.41, 5.74) is 5.73. The third-order valence-corrected chi connectivity index (χ3v) is 1.93. The van der Waals surface area contributed by atoms with Crippen molar-refractivity contribution in [3.05, 3.63) is 11.9 Å². The van der Waals surface area contributed by atoms with Crippen LogP contribution in [0.25, 0.3) is 0 Å². The van der Waals surface area contributed by atoms with Crippen molar-refractivity contribution < 1.29 is 17.6 Å². The molecule has 0 amide bonds. The first-order valence-electron chi connectivity index (χ1n) is 4.31. The molecule has 0 aliphatic rings. The average molecular weight is 238 g/mol. The quantitative estimate of drug-likeness (QED) is 0.783. The largest absolute Gasteiger partial charge is 0.383 e. The van der Waals surface area contributed by atoms with Crippen molar-refractivity contribution >= 4 is 11.6 Å². The Kier molecular flexibility index (Phi) is 3.51. The maximum atomic E-state index is 12.6.